The third kappa shape index (κ3) is 5.22. The highest BCUT2D eigenvalue weighted by atomic mass is 35.5. The lowest BCUT2D eigenvalue weighted by atomic mass is 10.1. The van der Waals surface area contributed by atoms with Crippen molar-refractivity contribution in [2.75, 3.05) is 19.7 Å². The molecule has 1 aromatic carbocycles. The number of likely N-dealkylation sites (tertiary alicyclic amines) is 1. The molecule has 1 fully saturated rings. The standard InChI is InChI=1S/C17H22ClNO4/c1-12(2)22-11-16(20)23-13-6-5-9-19(10-13)17(21)14-7-3-4-8-15(14)18/h3-4,7-8,12-13H,5-6,9-11H2,1-2H3/t13-/m0/s1. The van der Waals surface area contributed by atoms with Crippen LogP contribution in [0.2, 0.25) is 5.02 Å². The molecule has 0 spiro atoms. The summed E-state index contributed by atoms with van der Waals surface area (Å²) in [6.45, 7) is 4.68. The minimum absolute atomic E-state index is 0.0211. The number of amides is 1. The lowest BCUT2D eigenvalue weighted by Gasteiger charge is -2.32. The summed E-state index contributed by atoms with van der Waals surface area (Å²) in [7, 11) is 0. The zero-order valence-electron chi connectivity index (χ0n) is 13.5. The van der Waals surface area contributed by atoms with Gasteiger partial charge < -0.3 is 14.4 Å². The number of benzene rings is 1. The molecule has 1 aliphatic heterocycles. The Morgan fingerprint density at radius 3 is 2.78 bits per heavy atom. The number of rotatable bonds is 5. The largest absolute Gasteiger partial charge is 0.459 e. The van der Waals surface area contributed by atoms with Gasteiger partial charge in [0.1, 0.15) is 12.7 Å². The molecule has 0 bridgehead atoms. The fourth-order valence-electron chi connectivity index (χ4n) is 2.48. The van der Waals surface area contributed by atoms with Crippen LogP contribution in [0, 0.1) is 0 Å². The van der Waals surface area contributed by atoms with Crippen LogP contribution in [0.3, 0.4) is 0 Å². The van der Waals surface area contributed by atoms with E-state index >= 15 is 0 Å². The van der Waals surface area contributed by atoms with E-state index in [4.69, 9.17) is 21.1 Å². The quantitative estimate of drug-likeness (QED) is 0.774. The molecule has 0 unspecified atom stereocenters. The molecule has 1 amide bonds. The van der Waals surface area contributed by atoms with E-state index in [0.717, 1.165) is 12.8 Å². The lowest BCUT2D eigenvalue weighted by molar-refractivity contribution is -0.158. The predicted octanol–water partition coefficient (Wildman–Crippen LogP) is 2.91. The molecule has 0 aliphatic carbocycles. The zero-order chi connectivity index (χ0) is 16.8. The van der Waals surface area contributed by atoms with Gasteiger partial charge in [0.15, 0.2) is 0 Å². The van der Waals surface area contributed by atoms with Crippen LogP contribution in [-0.4, -0.2) is 48.7 Å². The maximum atomic E-state index is 12.5. The van der Waals surface area contributed by atoms with Crippen molar-refractivity contribution in [2.45, 2.75) is 38.9 Å². The molecule has 126 valence electrons. The van der Waals surface area contributed by atoms with Crippen molar-refractivity contribution in [3.05, 3.63) is 34.9 Å². The van der Waals surface area contributed by atoms with Gasteiger partial charge in [-0.05, 0) is 38.8 Å². The maximum absolute atomic E-state index is 12.5. The average molecular weight is 340 g/mol. The van der Waals surface area contributed by atoms with Crippen molar-refractivity contribution in [1.82, 2.24) is 4.90 Å². The minimum Gasteiger partial charge on any atom is -0.459 e. The Hall–Kier alpha value is -1.59. The number of nitrogens with zero attached hydrogens (tertiary/aromatic N) is 1. The summed E-state index contributed by atoms with van der Waals surface area (Å²) in [5.41, 5.74) is 0.476. The topological polar surface area (TPSA) is 55.8 Å². The highest BCUT2D eigenvalue weighted by Crippen LogP contribution is 2.21. The van der Waals surface area contributed by atoms with Gasteiger partial charge >= 0.3 is 5.97 Å². The molecule has 6 heteroatoms. The monoisotopic (exact) mass is 339 g/mol. The van der Waals surface area contributed by atoms with E-state index < -0.39 is 5.97 Å². The second kappa shape index (κ2) is 8.31. The first-order valence-corrected chi connectivity index (χ1v) is 8.20. The number of hydrogen-bond donors (Lipinski definition) is 0. The summed E-state index contributed by atoms with van der Waals surface area (Å²) in [5.74, 6) is -0.523. The molecular formula is C17H22ClNO4. The average Bonchev–Trinajstić information content (AvgIpc) is 2.53. The Balaban J connectivity index is 1.92. The summed E-state index contributed by atoms with van der Waals surface area (Å²) in [6, 6.07) is 6.97. The third-order valence-corrected chi connectivity index (χ3v) is 3.93. The van der Waals surface area contributed by atoms with E-state index in [1.54, 1.807) is 29.2 Å². The second-order valence-electron chi connectivity index (χ2n) is 5.84. The number of hydrogen-bond acceptors (Lipinski definition) is 4. The van der Waals surface area contributed by atoms with E-state index in [1.165, 1.54) is 0 Å². The van der Waals surface area contributed by atoms with Gasteiger partial charge in [0.2, 0.25) is 0 Å². The molecule has 1 saturated heterocycles. The highest BCUT2D eigenvalue weighted by molar-refractivity contribution is 6.33. The Kier molecular flexibility index (Phi) is 6.42. The molecular weight excluding hydrogens is 318 g/mol. The fourth-order valence-corrected chi connectivity index (χ4v) is 2.70. The van der Waals surface area contributed by atoms with E-state index in [9.17, 15) is 9.59 Å². The molecule has 5 nitrogen and oxygen atoms in total. The van der Waals surface area contributed by atoms with E-state index in [0.29, 0.717) is 23.7 Å². The molecule has 1 aromatic rings. The Morgan fingerprint density at radius 1 is 1.35 bits per heavy atom. The summed E-state index contributed by atoms with van der Waals surface area (Å²) in [4.78, 5) is 26.0. The van der Waals surface area contributed by atoms with Crippen LogP contribution in [0.1, 0.15) is 37.0 Å². The van der Waals surface area contributed by atoms with Gasteiger partial charge in [0.25, 0.3) is 5.91 Å². The van der Waals surface area contributed by atoms with Crippen molar-refractivity contribution in [3.63, 3.8) is 0 Å². The van der Waals surface area contributed by atoms with Crippen molar-refractivity contribution >= 4 is 23.5 Å². The number of ether oxygens (including phenoxy) is 2. The summed E-state index contributed by atoms with van der Waals surface area (Å²) >= 11 is 6.08. The van der Waals surface area contributed by atoms with Gasteiger partial charge in [-0.25, -0.2) is 4.79 Å². The van der Waals surface area contributed by atoms with Crippen LogP contribution in [-0.2, 0) is 14.3 Å². The van der Waals surface area contributed by atoms with Gasteiger partial charge in [0, 0.05) is 6.54 Å². The van der Waals surface area contributed by atoms with Crippen LogP contribution >= 0.6 is 11.6 Å². The number of esters is 1. The van der Waals surface area contributed by atoms with Crippen molar-refractivity contribution in [1.29, 1.82) is 0 Å². The fraction of sp³-hybridized carbons (Fsp3) is 0.529. The summed E-state index contributed by atoms with van der Waals surface area (Å²) in [5, 5.41) is 0.432. The van der Waals surface area contributed by atoms with E-state index in [-0.39, 0.29) is 24.7 Å². The van der Waals surface area contributed by atoms with Gasteiger partial charge in [-0.1, -0.05) is 23.7 Å². The van der Waals surface area contributed by atoms with Crippen molar-refractivity contribution in [3.8, 4) is 0 Å². The van der Waals surface area contributed by atoms with Crippen LogP contribution in [0.25, 0.3) is 0 Å². The first-order valence-electron chi connectivity index (χ1n) is 7.82. The lowest BCUT2D eigenvalue weighted by Crippen LogP contribution is -2.44. The molecule has 0 saturated carbocycles. The van der Waals surface area contributed by atoms with E-state index in [1.807, 2.05) is 13.8 Å². The normalized spacial score (nSPS) is 18.1. The van der Waals surface area contributed by atoms with Gasteiger partial charge in [-0.15, -0.1) is 0 Å². The van der Waals surface area contributed by atoms with Gasteiger partial charge in [-0.2, -0.15) is 0 Å². The van der Waals surface area contributed by atoms with E-state index in [2.05, 4.69) is 0 Å². The molecule has 0 N–H and O–H groups in total. The number of carbonyl (C=O) groups is 2. The highest BCUT2D eigenvalue weighted by Gasteiger charge is 2.27. The van der Waals surface area contributed by atoms with Crippen LogP contribution < -0.4 is 0 Å². The number of piperidine rings is 1. The minimum atomic E-state index is -0.393. The maximum Gasteiger partial charge on any atom is 0.332 e. The molecule has 0 aromatic heterocycles. The molecule has 0 radical (unpaired) electrons. The van der Waals surface area contributed by atoms with Crippen molar-refractivity contribution in [2.24, 2.45) is 0 Å². The second-order valence-corrected chi connectivity index (χ2v) is 6.25. The first kappa shape index (κ1) is 17.8. The Bertz CT molecular complexity index is 561. The van der Waals surface area contributed by atoms with Crippen molar-refractivity contribution < 1.29 is 19.1 Å². The molecule has 1 heterocycles. The van der Waals surface area contributed by atoms with Crippen LogP contribution in [0.4, 0.5) is 0 Å². The third-order valence-electron chi connectivity index (χ3n) is 3.60. The molecule has 1 aliphatic rings. The van der Waals surface area contributed by atoms with Gasteiger partial charge in [-0.3, -0.25) is 4.79 Å². The molecule has 1 atom stereocenters. The predicted molar refractivity (Wildman–Crippen MR) is 87.6 cm³/mol. The van der Waals surface area contributed by atoms with Crippen LogP contribution in [0.15, 0.2) is 24.3 Å². The SMILES string of the molecule is CC(C)OCC(=O)O[C@H]1CCCN(C(=O)c2ccccc2Cl)C1. The number of halogens is 1. The number of carbonyl (C=O) groups excluding carboxylic acids is 2. The smallest absolute Gasteiger partial charge is 0.332 e. The van der Waals surface area contributed by atoms with Crippen LogP contribution in [0.5, 0.6) is 0 Å². The summed E-state index contributed by atoms with van der Waals surface area (Å²) in [6.07, 6.45) is 1.23. The first-order chi connectivity index (χ1) is 11.0. The molecule has 23 heavy (non-hydrogen) atoms. The van der Waals surface area contributed by atoms with Gasteiger partial charge in [0.05, 0.1) is 23.2 Å². The Labute approximate surface area is 141 Å². The zero-order valence-corrected chi connectivity index (χ0v) is 14.2. The molecule has 2 rings (SSSR count). The summed E-state index contributed by atoms with van der Waals surface area (Å²) < 4.78 is 10.6. The Morgan fingerprint density at radius 2 is 2.09 bits per heavy atom.